The van der Waals surface area contributed by atoms with Crippen LogP contribution in [0.2, 0.25) is 0 Å². The van der Waals surface area contributed by atoms with Crippen LogP contribution in [0.4, 0.5) is 20.2 Å². The molecule has 1 saturated heterocycles. The molecule has 1 unspecified atom stereocenters. The Morgan fingerprint density at radius 3 is 2.70 bits per heavy atom. The van der Waals surface area contributed by atoms with E-state index in [-0.39, 0.29) is 11.6 Å². The van der Waals surface area contributed by atoms with Gasteiger partial charge >= 0.3 is 0 Å². The van der Waals surface area contributed by atoms with E-state index in [4.69, 9.17) is 4.74 Å². The van der Waals surface area contributed by atoms with Crippen molar-refractivity contribution in [3.8, 4) is 5.75 Å². The van der Waals surface area contributed by atoms with E-state index in [1.807, 2.05) is 6.07 Å². The fraction of sp³-hybridized carbons (Fsp3) is 0.429. The minimum absolute atomic E-state index is 0.111. The summed E-state index contributed by atoms with van der Waals surface area (Å²) in [7, 11) is 1.57. The molecule has 2 aliphatic rings. The number of hydrogen-bond donors (Lipinski definition) is 1. The van der Waals surface area contributed by atoms with Crippen molar-refractivity contribution in [3.05, 3.63) is 53.6 Å². The Labute approximate surface area is 158 Å². The van der Waals surface area contributed by atoms with Crippen LogP contribution >= 0.6 is 0 Å². The van der Waals surface area contributed by atoms with E-state index < -0.39 is 0 Å². The third kappa shape index (κ3) is 3.86. The summed E-state index contributed by atoms with van der Waals surface area (Å²) < 4.78 is 32.6. The minimum Gasteiger partial charge on any atom is -0.494 e. The van der Waals surface area contributed by atoms with Crippen LogP contribution in [0.1, 0.15) is 12.0 Å². The number of methoxy groups -OCH3 is 1. The van der Waals surface area contributed by atoms with Crippen molar-refractivity contribution >= 4 is 11.4 Å². The number of rotatable bonds is 4. The molecule has 6 heteroatoms. The van der Waals surface area contributed by atoms with Crippen LogP contribution in [-0.4, -0.2) is 50.8 Å². The predicted octanol–water partition coefficient (Wildman–Crippen LogP) is 3.52. The first-order valence-corrected chi connectivity index (χ1v) is 9.49. The zero-order chi connectivity index (χ0) is 18.8. The number of halogens is 2. The highest BCUT2D eigenvalue weighted by Gasteiger charge is 2.25. The molecule has 0 radical (unpaired) electrons. The number of hydrogen-bond acceptors (Lipinski definition) is 4. The van der Waals surface area contributed by atoms with Crippen molar-refractivity contribution in [2.45, 2.75) is 18.9 Å². The normalized spacial score (nSPS) is 20.1. The van der Waals surface area contributed by atoms with E-state index in [1.54, 1.807) is 19.2 Å². The number of benzene rings is 2. The third-order valence-electron chi connectivity index (χ3n) is 5.55. The van der Waals surface area contributed by atoms with Gasteiger partial charge in [-0.05, 0) is 37.1 Å². The summed E-state index contributed by atoms with van der Waals surface area (Å²) in [4.78, 5) is 4.68. The summed E-state index contributed by atoms with van der Waals surface area (Å²) >= 11 is 0. The lowest BCUT2D eigenvalue weighted by atomic mass is 9.97. The van der Waals surface area contributed by atoms with Gasteiger partial charge < -0.3 is 15.0 Å². The Morgan fingerprint density at radius 2 is 1.93 bits per heavy atom. The maximum Gasteiger partial charge on any atom is 0.145 e. The van der Waals surface area contributed by atoms with Gasteiger partial charge in [-0.25, -0.2) is 8.78 Å². The van der Waals surface area contributed by atoms with Crippen molar-refractivity contribution in [2.24, 2.45) is 0 Å². The average molecular weight is 373 g/mol. The predicted molar refractivity (Wildman–Crippen MR) is 104 cm³/mol. The molecule has 1 atom stereocenters. The molecule has 2 aromatic carbocycles. The number of nitrogens with zero attached hydrogens (tertiary/aromatic N) is 2. The van der Waals surface area contributed by atoms with Gasteiger partial charge in [0.15, 0.2) is 0 Å². The van der Waals surface area contributed by atoms with E-state index in [1.165, 1.54) is 18.2 Å². The van der Waals surface area contributed by atoms with Crippen LogP contribution < -0.4 is 15.0 Å². The molecule has 4 rings (SSSR count). The average Bonchev–Trinajstić information content (AvgIpc) is 2.69. The molecule has 4 nitrogen and oxygen atoms in total. The molecule has 1 N–H and O–H groups in total. The van der Waals surface area contributed by atoms with Gasteiger partial charge in [0, 0.05) is 56.1 Å². The molecule has 2 aliphatic heterocycles. The molecule has 144 valence electrons. The zero-order valence-electron chi connectivity index (χ0n) is 15.5. The van der Waals surface area contributed by atoms with Crippen molar-refractivity contribution < 1.29 is 13.5 Å². The zero-order valence-corrected chi connectivity index (χ0v) is 15.5. The van der Waals surface area contributed by atoms with Crippen molar-refractivity contribution in [2.75, 3.05) is 50.1 Å². The third-order valence-corrected chi connectivity index (χ3v) is 5.55. The van der Waals surface area contributed by atoms with Gasteiger partial charge in [-0.2, -0.15) is 0 Å². The van der Waals surface area contributed by atoms with Crippen LogP contribution in [0.25, 0.3) is 0 Å². The fourth-order valence-electron chi connectivity index (χ4n) is 4.09. The van der Waals surface area contributed by atoms with Gasteiger partial charge in [-0.3, -0.25) is 4.90 Å². The molecule has 2 aromatic rings. The van der Waals surface area contributed by atoms with Gasteiger partial charge in [-0.1, -0.05) is 6.07 Å². The second-order valence-electron chi connectivity index (χ2n) is 7.25. The Bertz CT molecular complexity index is 806. The Morgan fingerprint density at radius 1 is 1.11 bits per heavy atom. The second-order valence-corrected chi connectivity index (χ2v) is 7.25. The lowest BCUT2D eigenvalue weighted by Gasteiger charge is -2.39. The molecule has 2 heterocycles. The molecule has 1 fully saturated rings. The molecule has 0 saturated carbocycles. The van der Waals surface area contributed by atoms with Crippen molar-refractivity contribution in [1.82, 2.24) is 4.90 Å². The largest absolute Gasteiger partial charge is 0.494 e. The summed E-state index contributed by atoms with van der Waals surface area (Å²) in [6, 6.07) is 10.3. The SMILES string of the molecule is COc1cc(F)ccc1N1CCN(CC2CCc3c(F)cccc3N2)CC1. The molecule has 0 aromatic heterocycles. The Hall–Kier alpha value is -2.34. The first-order valence-electron chi connectivity index (χ1n) is 9.49. The lowest BCUT2D eigenvalue weighted by molar-refractivity contribution is 0.242. The van der Waals surface area contributed by atoms with Crippen LogP contribution in [0.5, 0.6) is 5.75 Å². The highest BCUT2D eigenvalue weighted by molar-refractivity contribution is 5.59. The number of ether oxygens (including phenoxy) is 1. The molecular weight excluding hydrogens is 348 g/mol. The molecule has 0 bridgehead atoms. The Balaban J connectivity index is 1.34. The number of anilines is 2. The fourth-order valence-corrected chi connectivity index (χ4v) is 4.09. The van der Waals surface area contributed by atoms with E-state index >= 15 is 0 Å². The van der Waals surface area contributed by atoms with E-state index in [0.29, 0.717) is 11.8 Å². The van der Waals surface area contributed by atoms with Gasteiger partial charge in [0.2, 0.25) is 0 Å². The molecular formula is C21H25F2N3O. The molecule has 27 heavy (non-hydrogen) atoms. The number of fused-ring (bicyclic) bond motifs is 1. The van der Waals surface area contributed by atoms with E-state index in [0.717, 1.165) is 62.5 Å². The van der Waals surface area contributed by atoms with Crippen LogP contribution in [0.15, 0.2) is 36.4 Å². The van der Waals surface area contributed by atoms with E-state index in [9.17, 15) is 8.78 Å². The van der Waals surface area contributed by atoms with Crippen molar-refractivity contribution in [3.63, 3.8) is 0 Å². The molecule has 0 aliphatic carbocycles. The van der Waals surface area contributed by atoms with Gasteiger partial charge in [0.25, 0.3) is 0 Å². The summed E-state index contributed by atoms with van der Waals surface area (Å²) in [5.41, 5.74) is 2.68. The quantitative estimate of drug-likeness (QED) is 0.888. The maximum atomic E-state index is 13.9. The monoisotopic (exact) mass is 373 g/mol. The molecule has 0 spiro atoms. The van der Waals surface area contributed by atoms with Crippen LogP contribution in [0.3, 0.4) is 0 Å². The number of piperazine rings is 1. The Kier molecular flexibility index (Phi) is 5.16. The van der Waals surface area contributed by atoms with Crippen LogP contribution in [0, 0.1) is 11.6 Å². The van der Waals surface area contributed by atoms with Gasteiger partial charge in [-0.15, -0.1) is 0 Å². The second kappa shape index (κ2) is 7.72. The van der Waals surface area contributed by atoms with Crippen LogP contribution in [-0.2, 0) is 6.42 Å². The molecule has 0 amide bonds. The smallest absolute Gasteiger partial charge is 0.145 e. The first kappa shape index (κ1) is 18.0. The highest BCUT2D eigenvalue weighted by atomic mass is 19.1. The lowest BCUT2D eigenvalue weighted by Crippen LogP contribution is -2.50. The van der Waals surface area contributed by atoms with Crippen molar-refractivity contribution in [1.29, 1.82) is 0 Å². The summed E-state index contributed by atoms with van der Waals surface area (Å²) in [6.07, 6.45) is 1.73. The summed E-state index contributed by atoms with van der Waals surface area (Å²) in [5, 5.41) is 3.50. The highest BCUT2D eigenvalue weighted by Crippen LogP contribution is 2.30. The van der Waals surface area contributed by atoms with E-state index in [2.05, 4.69) is 15.1 Å². The maximum absolute atomic E-state index is 13.9. The number of nitrogens with one attached hydrogen (secondary N) is 1. The standard InChI is InChI=1S/C21H25F2N3O/c1-27-21-13-15(22)5-8-20(21)26-11-9-25(10-12-26)14-16-6-7-17-18(23)3-2-4-19(17)24-16/h2-5,8,13,16,24H,6-7,9-12,14H2,1H3. The van der Waals surface area contributed by atoms with Gasteiger partial charge in [0.05, 0.1) is 12.8 Å². The van der Waals surface area contributed by atoms with Gasteiger partial charge in [0.1, 0.15) is 17.4 Å². The topological polar surface area (TPSA) is 27.7 Å². The summed E-state index contributed by atoms with van der Waals surface area (Å²) in [5.74, 6) is 0.186. The minimum atomic E-state index is -0.283. The first-order chi connectivity index (χ1) is 13.1. The summed E-state index contributed by atoms with van der Waals surface area (Å²) in [6.45, 7) is 4.58.